The zero-order valence-electron chi connectivity index (χ0n) is 9.87. The molecule has 0 aliphatic heterocycles. The predicted octanol–water partition coefficient (Wildman–Crippen LogP) is 4.10. The van der Waals surface area contributed by atoms with Gasteiger partial charge in [0.15, 0.2) is 0 Å². The topological polar surface area (TPSA) is 40.5 Å². The first-order valence-corrected chi connectivity index (χ1v) is 5.92. The Morgan fingerprint density at radius 2 is 1.72 bits per heavy atom. The minimum atomic E-state index is -1.03. The number of thiol groups is 1. The van der Waals surface area contributed by atoms with Crippen LogP contribution < -0.4 is 4.90 Å². The van der Waals surface area contributed by atoms with E-state index in [-0.39, 0.29) is 0 Å². The number of carbonyl (C=O) groups is 1. The van der Waals surface area contributed by atoms with Crippen LogP contribution in [0, 0.1) is 6.92 Å². The van der Waals surface area contributed by atoms with Crippen LogP contribution in [-0.4, -0.2) is 11.2 Å². The van der Waals surface area contributed by atoms with E-state index >= 15 is 0 Å². The maximum Gasteiger partial charge on any atom is 0.416 e. The maximum atomic E-state index is 11.4. The molecule has 18 heavy (non-hydrogen) atoms. The van der Waals surface area contributed by atoms with E-state index in [0.717, 1.165) is 5.56 Å². The number of anilines is 2. The van der Waals surface area contributed by atoms with Crippen LogP contribution in [0.3, 0.4) is 0 Å². The Labute approximate surface area is 111 Å². The number of carboxylic acid groups (broad SMARTS) is 1. The Morgan fingerprint density at radius 1 is 1.11 bits per heavy atom. The third kappa shape index (κ3) is 2.49. The van der Waals surface area contributed by atoms with Crippen molar-refractivity contribution < 1.29 is 9.90 Å². The monoisotopic (exact) mass is 259 g/mol. The molecule has 1 N–H and O–H groups in total. The first-order chi connectivity index (χ1) is 8.59. The molecule has 0 atom stereocenters. The van der Waals surface area contributed by atoms with E-state index in [1.54, 1.807) is 30.3 Å². The van der Waals surface area contributed by atoms with Crippen molar-refractivity contribution in [1.29, 1.82) is 0 Å². The normalized spacial score (nSPS) is 10.1. The predicted molar refractivity (Wildman–Crippen MR) is 75.0 cm³/mol. The summed E-state index contributed by atoms with van der Waals surface area (Å²) in [6.07, 6.45) is -1.03. The summed E-state index contributed by atoms with van der Waals surface area (Å²) in [5, 5.41) is 9.37. The standard InChI is InChI=1S/C14H13NO2S/c1-10-6-8-11(9-7-10)15(14(16)17)12-4-2-3-5-13(12)18/h2-9,18H,1H3,(H,16,17). The second kappa shape index (κ2) is 5.14. The third-order valence-corrected chi connectivity index (χ3v) is 2.98. The molecule has 1 amide bonds. The van der Waals surface area contributed by atoms with Crippen LogP contribution >= 0.6 is 12.6 Å². The summed E-state index contributed by atoms with van der Waals surface area (Å²) in [7, 11) is 0. The highest BCUT2D eigenvalue weighted by molar-refractivity contribution is 7.80. The molecule has 0 aromatic heterocycles. The van der Waals surface area contributed by atoms with Crippen LogP contribution in [0.25, 0.3) is 0 Å². The summed E-state index contributed by atoms with van der Waals surface area (Å²) in [5.41, 5.74) is 2.25. The average Bonchev–Trinajstić information content (AvgIpc) is 2.34. The van der Waals surface area contributed by atoms with Gasteiger partial charge in [-0.25, -0.2) is 9.69 Å². The van der Waals surface area contributed by atoms with E-state index in [1.165, 1.54) is 4.90 Å². The number of nitrogens with zero attached hydrogens (tertiary/aromatic N) is 1. The molecule has 3 nitrogen and oxygen atoms in total. The first-order valence-electron chi connectivity index (χ1n) is 5.47. The number of amides is 1. The van der Waals surface area contributed by atoms with Crippen molar-refractivity contribution in [2.75, 3.05) is 4.90 Å². The lowest BCUT2D eigenvalue weighted by Crippen LogP contribution is -2.23. The first kappa shape index (κ1) is 12.5. The van der Waals surface area contributed by atoms with E-state index in [2.05, 4.69) is 12.6 Å². The van der Waals surface area contributed by atoms with Crippen molar-refractivity contribution in [3.63, 3.8) is 0 Å². The second-order valence-electron chi connectivity index (χ2n) is 3.94. The molecular formula is C14H13NO2S. The number of hydrogen-bond acceptors (Lipinski definition) is 2. The van der Waals surface area contributed by atoms with Crippen molar-refractivity contribution in [2.24, 2.45) is 0 Å². The van der Waals surface area contributed by atoms with E-state index < -0.39 is 6.09 Å². The highest BCUT2D eigenvalue weighted by Gasteiger charge is 2.18. The van der Waals surface area contributed by atoms with Crippen LogP contribution in [-0.2, 0) is 0 Å². The van der Waals surface area contributed by atoms with E-state index in [0.29, 0.717) is 16.3 Å². The Hall–Kier alpha value is -1.94. The van der Waals surface area contributed by atoms with Gasteiger partial charge in [0.05, 0.1) is 11.4 Å². The van der Waals surface area contributed by atoms with Gasteiger partial charge in [-0.2, -0.15) is 0 Å². The molecule has 92 valence electrons. The minimum Gasteiger partial charge on any atom is -0.464 e. The number of para-hydroxylation sites is 1. The highest BCUT2D eigenvalue weighted by atomic mass is 32.1. The quantitative estimate of drug-likeness (QED) is 0.797. The highest BCUT2D eigenvalue weighted by Crippen LogP contribution is 2.30. The van der Waals surface area contributed by atoms with Crippen molar-refractivity contribution in [3.05, 3.63) is 54.1 Å². The number of rotatable bonds is 2. The molecule has 0 saturated carbocycles. The summed E-state index contributed by atoms with van der Waals surface area (Å²) in [5.74, 6) is 0. The van der Waals surface area contributed by atoms with Crippen molar-refractivity contribution in [2.45, 2.75) is 11.8 Å². The van der Waals surface area contributed by atoms with Crippen LogP contribution in [0.15, 0.2) is 53.4 Å². The lowest BCUT2D eigenvalue weighted by atomic mass is 10.2. The summed E-state index contributed by atoms with van der Waals surface area (Å²) in [6, 6.07) is 14.4. The molecule has 0 spiro atoms. The Bertz CT molecular complexity index is 566. The van der Waals surface area contributed by atoms with Gasteiger partial charge >= 0.3 is 6.09 Å². The average molecular weight is 259 g/mol. The van der Waals surface area contributed by atoms with E-state index in [4.69, 9.17) is 0 Å². The SMILES string of the molecule is Cc1ccc(N(C(=O)O)c2ccccc2S)cc1. The molecule has 0 unspecified atom stereocenters. The molecule has 0 aliphatic rings. The van der Waals surface area contributed by atoms with Gasteiger partial charge in [0.1, 0.15) is 0 Å². The molecular weight excluding hydrogens is 246 g/mol. The number of benzene rings is 2. The molecule has 2 aromatic rings. The van der Waals surface area contributed by atoms with Gasteiger partial charge < -0.3 is 5.11 Å². The summed E-state index contributed by atoms with van der Waals surface area (Å²) in [6.45, 7) is 1.96. The van der Waals surface area contributed by atoms with Gasteiger partial charge in [0, 0.05) is 4.90 Å². The maximum absolute atomic E-state index is 11.4. The largest absolute Gasteiger partial charge is 0.464 e. The van der Waals surface area contributed by atoms with E-state index in [1.807, 2.05) is 25.1 Å². The molecule has 0 bridgehead atoms. The molecule has 0 aliphatic carbocycles. The van der Waals surface area contributed by atoms with Gasteiger partial charge in [0.25, 0.3) is 0 Å². The van der Waals surface area contributed by atoms with Crippen molar-refractivity contribution >= 4 is 30.1 Å². The van der Waals surface area contributed by atoms with E-state index in [9.17, 15) is 9.90 Å². The van der Waals surface area contributed by atoms with Gasteiger partial charge in [-0.15, -0.1) is 12.6 Å². The lowest BCUT2D eigenvalue weighted by Gasteiger charge is -2.21. The molecule has 2 aromatic carbocycles. The van der Waals surface area contributed by atoms with Gasteiger partial charge in [0.2, 0.25) is 0 Å². The molecule has 0 saturated heterocycles. The van der Waals surface area contributed by atoms with Crippen LogP contribution in [0.2, 0.25) is 0 Å². The lowest BCUT2D eigenvalue weighted by molar-refractivity contribution is 0.204. The smallest absolute Gasteiger partial charge is 0.416 e. The fourth-order valence-electron chi connectivity index (χ4n) is 1.70. The molecule has 0 fully saturated rings. The molecule has 0 radical (unpaired) electrons. The van der Waals surface area contributed by atoms with Gasteiger partial charge in [-0.3, -0.25) is 0 Å². The Balaban J connectivity index is 2.50. The van der Waals surface area contributed by atoms with Crippen LogP contribution in [0.5, 0.6) is 0 Å². The van der Waals surface area contributed by atoms with Gasteiger partial charge in [-0.1, -0.05) is 29.8 Å². The molecule has 0 heterocycles. The van der Waals surface area contributed by atoms with Gasteiger partial charge in [-0.05, 0) is 31.2 Å². The summed E-state index contributed by atoms with van der Waals surface area (Å²) < 4.78 is 0. The summed E-state index contributed by atoms with van der Waals surface area (Å²) in [4.78, 5) is 13.3. The summed E-state index contributed by atoms with van der Waals surface area (Å²) >= 11 is 4.30. The molecule has 2 rings (SSSR count). The zero-order valence-corrected chi connectivity index (χ0v) is 10.8. The minimum absolute atomic E-state index is 0.553. The molecule has 4 heteroatoms. The fourth-order valence-corrected chi connectivity index (χ4v) is 1.96. The number of hydrogen-bond donors (Lipinski definition) is 2. The second-order valence-corrected chi connectivity index (χ2v) is 4.42. The van der Waals surface area contributed by atoms with Crippen molar-refractivity contribution in [3.8, 4) is 0 Å². The van der Waals surface area contributed by atoms with Crippen molar-refractivity contribution in [1.82, 2.24) is 0 Å². The van der Waals surface area contributed by atoms with Crippen LogP contribution in [0.1, 0.15) is 5.56 Å². The zero-order chi connectivity index (χ0) is 13.1. The Kier molecular flexibility index (Phi) is 3.58. The Morgan fingerprint density at radius 3 is 2.28 bits per heavy atom. The third-order valence-electron chi connectivity index (χ3n) is 2.61. The fraction of sp³-hybridized carbons (Fsp3) is 0.0714. The number of aryl methyl sites for hydroxylation is 1. The van der Waals surface area contributed by atoms with Crippen LogP contribution in [0.4, 0.5) is 16.2 Å².